The van der Waals surface area contributed by atoms with E-state index >= 15 is 0 Å². The van der Waals surface area contributed by atoms with E-state index in [1.54, 1.807) is 0 Å². The Hall–Kier alpha value is -2.33. The van der Waals surface area contributed by atoms with Gasteiger partial charge in [-0.2, -0.15) is 0 Å². The summed E-state index contributed by atoms with van der Waals surface area (Å²) in [7, 11) is 0. The van der Waals surface area contributed by atoms with Crippen molar-refractivity contribution in [2.24, 2.45) is 5.11 Å². The van der Waals surface area contributed by atoms with E-state index in [1.165, 1.54) is 0 Å². The summed E-state index contributed by atoms with van der Waals surface area (Å²) in [5.41, 5.74) is 10.9. The highest BCUT2D eigenvalue weighted by Crippen LogP contribution is 2.34. The molecule has 1 heterocycles. The topological polar surface area (TPSA) is 78.2 Å². The van der Waals surface area contributed by atoms with Gasteiger partial charge in [0.05, 0.1) is 24.9 Å². The van der Waals surface area contributed by atoms with Crippen molar-refractivity contribution in [3.63, 3.8) is 0 Å². The van der Waals surface area contributed by atoms with Crippen molar-refractivity contribution in [2.75, 3.05) is 6.61 Å². The standard InChI is InChI=1S/C18H19N3O2/c19-21-20-15-12-23-17(11-16(15)22)18(13-7-3-1-4-8-13)14-9-5-2-6-10-14/h1-10,15-18,22H,11-12H2/t15-,16-,17+/m0/s1. The number of hydrogen-bond donors (Lipinski definition) is 1. The van der Waals surface area contributed by atoms with E-state index in [-0.39, 0.29) is 18.6 Å². The van der Waals surface area contributed by atoms with Crippen molar-refractivity contribution in [1.29, 1.82) is 0 Å². The van der Waals surface area contributed by atoms with Crippen LogP contribution in [0.15, 0.2) is 65.8 Å². The Labute approximate surface area is 135 Å². The van der Waals surface area contributed by atoms with Crippen molar-refractivity contribution >= 4 is 0 Å². The first-order valence-electron chi connectivity index (χ1n) is 7.73. The predicted octanol–water partition coefficient (Wildman–Crippen LogP) is 3.65. The van der Waals surface area contributed by atoms with Gasteiger partial charge in [-0.1, -0.05) is 65.8 Å². The lowest BCUT2D eigenvalue weighted by molar-refractivity contribution is -0.0623. The van der Waals surface area contributed by atoms with Crippen molar-refractivity contribution in [2.45, 2.75) is 30.6 Å². The van der Waals surface area contributed by atoms with E-state index in [9.17, 15) is 5.11 Å². The molecule has 23 heavy (non-hydrogen) atoms. The molecule has 0 aromatic heterocycles. The Morgan fingerprint density at radius 1 is 1.04 bits per heavy atom. The van der Waals surface area contributed by atoms with Crippen molar-refractivity contribution in [1.82, 2.24) is 0 Å². The molecule has 1 N–H and O–H groups in total. The summed E-state index contributed by atoms with van der Waals surface area (Å²) in [6, 6.07) is 19.8. The number of nitrogens with zero attached hydrogens (tertiary/aromatic N) is 3. The van der Waals surface area contributed by atoms with Crippen LogP contribution in [-0.4, -0.2) is 30.0 Å². The quantitative estimate of drug-likeness (QED) is 0.531. The molecular formula is C18H19N3O2. The SMILES string of the molecule is [N-]=[N+]=N[C@H]1CO[C@@H](C(c2ccccc2)c2ccccc2)C[C@@H]1O. The Morgan fingerprint density at radius 2 is 1.61 bits per heavy atom. The molecular weight excluding hydrogens is 290 g/mol. The molecule has 0 amide bonds. The minimum atomic E-state index is -0.681. The van der Waals surface area contributed by atoms with E-state index in [1.807, 2.05) is 36.4 Å². The van der Waals surface area contributed by atoms with Crippen LogP contribution in [0, 0.1) is 0 Å². The maximum absolute atomic E-state index is 10.3. The highest BCUT2D eigenvalue weighted by molar-refractivity contribution is 5.34. The fourth-order valence-corrected chi connectivity index (χ4v) is 3.15. The lowest BCUT2D eigenvalue weighted by Gasteiger charge is -2.36. The number of aliphatic hydroxyl groups is 1. The third kappa shape index (κ3) is 3.54. The molecule has 5 nitrogen and oxygen atoms in total. The first kappa shape index (κ1) is 15.6. The smallest absolute Gasteiger partial charge is 0.0868 e. The van der Waals surface area contributed by atoms with Crippen molar-refractivity contribution < 1.29 is 9.84 Å². The van der Waals surface area contributed by atoms with Gasteiger partial charge >= 0.3 is 0 Å². The molecule has 118 valence electrons. The van der Waals surface area contributed by atoms with Gasteiger partial charge in [0.1, 0.15) is 0 Å². The molecule has 0 spiro atoms. The van der Waals surface area contributed by atoms with Crippen LogP contribution in [0.2, 0.25) is 0 Å². The number of rotatable bonds is 4. The Bertz CT molecular complexity index is 632. The zero-order valence-electron chi connectivity index (χ0n) is 12.7. The van der Waals surface area contributed by atoms with Gasteiger partial charge in [-0.05, 0) is 16.7 Å². The summed E-state index contributed by atoms with van der Waals surface area (Å²) in [5.74, 6) is 0.0408. The third-order valence-electron chi connectivity index (χ3n) is 4.29. The number of aliphatic hydroxyl groups excluding tert-OH is 1. The number of ether oxygens (including phenoxy) is 1. The van der Waals surface area contributed by atoms with Gasteiger partial charge in [0.15, 0.2) is 0 Å². The summed E-state index contributed by atoms with van der Waals surface area (Å²) >= 11 is 0. The molecule has 0 bridgehead atoms. The third-order valence-corrected chi connectivity index (χ3v) is 4.29. The normalized spacial score (nSPS) is 24.2. The number of benzene rings is 2. The molecule has 3 atom stereocenters. The molecule has 1 saturated heterocycles. The summed E-state index contributed by atoms with van der Waals surface area (Å²) in [6.45, 7) is 0.242. The first-order valence-corrected chi connectivity index (χ1v) is 7.73. The van der Waals surface area contributed by atoms with E-state index in [0.717, 1.165) is 11.1 Å². The summed E-state index contributed by atoms with van der Waals surface area (Å²) < 4.78 is 5.96. The summed E-state index contributed by atoms with van der Waals surface area (Å²) in [4.78, 5) is 2.78. The summed E-state index contributed by atoms with van der Waals surface area (Å²) in [6.07, 6.45) is -0.391. The highest BCUT2D eigenvalue weighted by atomic mass is 16.5. The van der Waals surface area contributed by atoms with Crippen LogP contribution in [0.1, 0.15) is 23.5 Å². The maximum atomic E-state index is 10.3. The number of azide groups is 1. The molecule has 0 aliphatic carbocycles. The Morgan fingerprint density at radius 3 is 2.09 bits per heavy atom. The van der Waals surface area contributed by atoms with E-state index in [0.29, 0.717) is 6.42 Å². The second-order valence-corrected chi connectivity index (χ2v) is 5.75. The van der Waals surface area contributed by atoms with E-state index < -0.39 is 12.1 Å². The minimum Gasteiger partial charge on any atom is -0.393 e. The second-order valence-electron chi connectivity index (χ2n) is 5.75. The van der Waals surface area contributed by atoms with Crippen LogP contribution < -0.4 is 0 Å². The number of hydrogen-bond acceptors (Lipinski definition) is 3. The average molecular weight is 309 g/mol. The van der Waals surface area contributed by atoms with Crippen LogP contribution in [0.5, 0.6) is 0 Å². The molecule has 0 saturated carbocycles. The monoisotopic (exact) mass is 309 g/mol. The van der Waals surface area contributed by atoms with Crippen LogP contribution in [0.25, 0.3) is 10.4 Å². The fraction of sp³-hybridized carbons (Fsp3) is 0.333. The van der Waals surface area contributed by atoms with E-state index in [4.69, 9.17) is 10.3 Å². The second kappa shape index (κ2) is 7.29. The van der Waals surface area contributed by atoms with Crippen LogP contribution in [-0.2, 0) is 4.74 Å². The maximum Gasteiger partial charge on any atom is 0.0868 e. The average Bonchev–Trinajstić information content (AvgIpc) is 2.60. The molecule has 3 rings (SSSR count). The highest BCUT2D eigenvalue weighted by Gasteiger charge is 2.35. The van der Waals surface area contributed by atoms with Gasteiger partial charge in [-0.25, -0.2) is 0 Å². The van der Waals surface area contributed by atoms with Gasteiger partial charge in [-0.15, -0.1) is 0 Å². The molecule has 1 aliphatic rings. The molecule has 1 fully saturated rings. The summed E-state index contributed by atoms with van der Waals surface area (Å²) in [5, 5.41) is 13.9. The van der Waals surface area contributed by atoms with Gasteiger partial charge in [0, 0.05) is 17.3 Å². The largest absolute Gasteiger partial charge is 0.393 e. The van der Waals surface area contributed by atoms with Crippen LogP contribution >= 0.6 is 0 Å². The molecule has 5 heteroatoms. The van der Waals surface area contributed by atoms with Crippen molar-refractivity contribution in [3.05, 3.63) is 82.2 Å². The van der Waals surface area contributed by atoms with Gasteiger partial charge in [0.25, 0.3) is 0 Å². The predicted molar refractivity (Wildman–Crippen MR) is 88.0 cm³/mol. The molecule has 2 aromatic carbocycles. The molecule has 0 unspecified atom stereocenters. The van der Waals surface area contributed by atoms with Gasteiger partial charge in [0.2, 0.25) is 0 Å². The molecule has 2 aromatic rings. The van der Waals surface area contributed by atoms with Gasteiger partial charge < -0.3 is 9.84 Å². The zero-order chi connectivity index (χ0) is 16.1. The molecule has 1 aliphatic heterocycles. The van der Waals surface area contributed by atoms with Crippen molar-refractivity contribution in [3.8, 4) is 0 Å². The molecule has 0 radical (unpaired) electrons. The van der Waals surface area contributed by atoms with Crippen LogP contribution in [0.4, 0.5) is 0 Å². The lowest BCUT2D eigenvalue weighted by Crippen LogP contribution is -2.42. The Kier molecular flexibility index (Phi) is 4.93. The lowest BCUT2D eigenvalue weighted by atomic mass is 9.82. The van der Waals surface area contributed by atoms with Gasteiger partial charge in [-0.3, -0.25) is 0 Å². The minimum absolute atomic E-state index is 0.0408. The zero-order valence-corrected chi connectivity index (χ0v) is 12.7. The van der Waals surface area contributed by atoms with E-state index in [2.05, 4.69) is 34.3 Å². The fourth-order valence-electron chi connectivity index (χ4n) is 3.15. The van der Waals surface area contributed by atoms with Crippen LogP contribution in [0.3, 0.4) is 0 Å². The first-order chi connectivity index (χ1) is 11.3. The Balaban J connectivity index is 1.90.